The Labute approximate surface area is 195 Å². The molecule has 0 bridgehead atoms. The second-order valence-corrected chi connectivity index (χ2v) is 9.96. The van der Waals surface area contributed by atoms with E-state index in [1.54, 1.807) is 6.92 Å². The third-order valence-corrected chi connectivity index (χ3v) is 6.40. The first-order chi connectivity index (χ1) is 15.5. The van der Waals surface area contributed by atoms with E-state index in [4.69, 9.17) is 0 Å². The number of carbonyl (C=O) groups is 2. The molecule has 0 unspecified atom stereocenters. The number of nitrogens with one attached hydrogen (secondary N) is 1. The lowest BCUT2D eigenvalue weighted by Crippen LogP contribution is -2.51. The Hall–Kier alpha value is -2.94. The molecule has 2 aromatic rings. The monoisotopic (exact) mass is 477 g/mol. The van der Waals surface area contributed by atoms with Gasteiger partial charge in [0.15, 0.2) is 0 Å². The van der Waals surface area contributed by atoms with Gasteiger partial charge in [-0.2, -0.15) is 0 Å². The quantitative estimate of drug-likeness (QED) is 0.504. The minimum Gasteiger partial charge on any atom is -0.354 e. The molecular weight excluding hydrogens is 445 g/mol. The highest BCUT2D eigenvalue weighted by atomic mass is 32.2. The summed E-state index contributed by atoms with van der Waals surface area (Å²) in [4.78, 5) is 27.4. The van der Waals surface area contributed by atoms with Crippen molar-refractivity contribution in [3.63, 3.8) is 0 Å². The summed E-state index contributed by atoms with van der Waals surface area (Å²) in [5.41, 5.74) is 1.62. The molecule has 0 heterocycles. The Kier molecular flexibility index (Phi) is 9.40. The molecule has 0 aliphatic carbocycles. The lowest BCUT2D eigenvalue weighted by Gasteiger charge is -2.31. The van der Waals surface area contributed by atoms with Gasteiger partial charge in [-0.25, -0.2) is 12.8 Å². The molecule has 0 saturated heterocycles. The number of benzene rings is 2. The second-order valence-electron chi connectivity index (χ2n) is 8.05. The van der Waals surface area contributed by atoms with Crippen molar-refractivity contribution < 1.29 is 22.4 Å². The van der Waals surface area contributed by atoms with Gasteiger partial charge < -0.3 is 10.2 Å². The molecule has 1 atom stereocenters. The van der Waals surface area contributed by atoms with E-state index in [-0.39, 0.29) is 18.1 Å². The van der Waals surface area contributed by atoms with E-state index in [9.17, 15) is 22.4 Å². The van der Waals surface area contributed by atoms with Crippen molar-refractivity contribution in [3.05, 3.63) is 65.5 Å². The number of anilines is 1. The van der Waals surface area contributed by atoms with E-state index in [0.717, 1.165) is 40.6 Å². The molecule has 0 aromatic heterocycles. The van der Waals surface area contributed by atoms with Crippen LogP contribution in [-0.4, -0.2) is 50.5 Å². The van der Waals surface area contributed by atoms with Gasteiger partial charge in [-0.1, -0.05) is 55.3 Å². The van der Waals surface area contributed by atoms with Gasteiger partial charge in [0.1, 0.15) is 18.4 Å². The number of halogens is 1. The Morgan fingerprint density at radius 1 is 1.09 bits per heavy atom. The van der Waals surface area contributed by atoms with Crippen LogP contribution < -0.4 is 9.62 Å². The summed E-state index contributed by atoms with van der Waals surface area (Å²) in [7, 11) is -3.97. The number of rotatable bonds is 11. The average molecular weight is 478 g/mol. The van der Waals surface area contributed by atoms with E-state index in [1.807, 2.05) is 38.1 Å². The van der Waals surface area contributed by atoms with Crippen molar-refractivity contribution in [1.82, 2.24) is 10.2 Å². The highest BCUT2D eigenvalue weighted by molar-refractivity contribution is 7.92. The third kappa shape index (κ3) is 7.56. The summed E-state index contributed by atoms with van der Waals surface area (Å²) in [6.45, 7) is 5.51. The Morgan fingerprint density at radius 3 is 2.30 bits per heavy atom. The van der Waals surface area contributed by atoms with Crippen LogP contribution in [0.15, 0.2) is 48.5 Å². The van der Waals surface area contributed by atoms with E-state index in [2.05, 4.69) is 5.32 Å². The van der Waals surface area contributed by atoms with Gasteiger partial charge in [0.25, 0.3) is 0 Å². The van der Waals surface area contributed by atoms with Crippen molar-refractivity contribution in [2.45, 2.75) is 46.2 Å². The maximum absolute atomic E-state index is 14.4. The van der Waals surface area contributed by atoms with E-state index in [0.29, 0.717) is 6.54 Å². The van der Waals surface area contributed by atoms with Gasteiger partial charge in [0.05, 0.1) is 11.9 Å². The van der Waals surface area contributed by atoms with Crippen molar-refractivity contribution >= 4 is 27.5 Å². The van der Waals surface area contributed by atoms with Crippen LogP contribution in [0.5, 0.6) is 0 Å². The van der Waals surface area contributed by atoms with E-state index in [1.165, 1.54) is 23.1 Å². The lowest BCUT2D eigenvalue weighted by molar-refractivity contribution is -0.139. The third-order valence-electron chi connectivity index (χ3n) is 5.27. The molecule has 0 aliphatic rings. The normalized spacial score (nSPS) is 12.2. The van der Waals surface area contributed by atoms with Crippen molar-refractivity contribution in [3.8, 4) is 0 Å². The predicted molar refractivity (Wildman–Crippen MR) is 128 cm³/mol. The fraction of sp³-hybridized carbons (Fsp3) is 0.417. The summed E-state index contributed by atoms with van der Waals surface area (Å²) in [6, 6.07) is 12.0. The summed E-state index contributed by atoms with van der Waals surface area (Å²) in [5.74, 6) is -1.70. The average Bonchev–Trinajstić information content (AvgIpc) is 2.76. The molecule has 2 rings (SSSR count). The van der Waals surface area contributed by atoms with Crippen LogP contribution >= 0.6 is 0 Å². The smallest absolute Gasteiger partial charge is 0.244 e. The Bertz CT molecular complexity index is 1060. The minimum absolute atomic E-state index is 0.107. The van der Waals surface area contributed by atoms with Gasteiger partial charge in [0, 0.05) is 13.1 Å². The fourth-order valence-corrected chi connectivity index (χ4v) is 4.11. The number of aryl methyl sites for hydroxylation is 1. The molecule has 0 spiro atoms. The fourth-order valence-electron chi connectivity index (χ4n) is 3.26. The van der Waals surface area contributed by atoms with Gasteiger partial charge in [-0.15, -0.1) is 0 Å². The Morgan fingerprint density at radius 2 is 1.73 bits per heavy atom. The number of hydrogen-bond acceptors (Lipinski definition) is 4. The van der Waals surface area contributed by atoms with E-state index < -0.39 is 34.3 Å². The molecular formula is C24H32FN3O4S. The molecule has 180 valence electrons. The zero-order valence-electron chi connectivity index (χ0n) is 19.5. The zero-order chi connectivity index (χ0) is 24.6. The molecule has 33 heavy (non-hydrogen) atoms. The van der Waals surface area contributed by atoms with Crippen LogP contribution in [0.2, 0.25) is 0 Å². The SMILES string of the molecule is CCCCNC(=O)[C@H](C)N(Cc1ccc(C)cc1)C(=O)CN(c1ccccc1F)S(C)(=O)=O. The van der Waals surface area contributed by atoms with Crippen molar-refractivity contribution in [1.29, 1.82) is 0 Å². The summed E-state index contributed by atoms with van der Waals surface area (Å²) >= 11 is 0. The van der Waals surface area contributed by atoms with Crippen molar-refractivity contribution in [2.24, 2.45) is 0 Å². The van der Waals surface area contributed by atoms with Crippen LogP contribution in [0.25, 0.3) is 0 Å². The van der Waals surface area contributed by atoms with Crippen LogP contribution in [-0.2, 0) is 26.2 Å². The molecule has 2 amide bonds. The number of amides is 2. The minimum atomic E-state index is -3.97. The topological polar surface area (TPSA) is 86.8 Å². The lowest BCUT2D eigenvalue weighted by atomic mass is 10.1. The van der Waals surface area contributed by atoms with Gasteiger partial charge in [-0.3, -0.25) is 13.9 Å². The first-order valence-corrected chi connectivity index (χ1v) is 12.7. The summed E-state index contributed by atoms with van der Waals surface area (Å²) in [5, 5.41) is 2.81. The molecule has 1 N–H and O–H groups in total. The highest BCUT2D eigenvalue weighted by Gasteiger charge is 2.30. The highest BCUT2D eigenvalue weighted by Crippen LogP contribution is 2.22. The summed E-state index contributed by atoms with van der Waals surface area (Å²) < 4.78 is 40.0. The number of nitrogens with zero attached hydrogens (tertiary/aromatic N) is 2. The zero-order valence-corrected chi connectivity index (χ0v) is 20.4. The maximum Gasteiger partial charge on any atom is 0.244 e. The van der Waals surface area contributed by atoms with Crippen LogP contribution in [0, 0.1) is 12.7 Å². The molecule has 0 saturated carbocycles. The number of carbonyl (C=O) groups excluding carboxylic acids is 2. The number of para-hydroxylation sites is 1. The number of unbranched alkanes of at least 4 members (excludes halogenated alkanes) is 1. The van der Waals surface area contributed by atoms with Crippen LogP contribution in [0.4, 0.5) is 10.1 Å². The molecule has 7 nitrogen and oxygen atoms in total. The maximum atomic E-state index is 14.4. The number of sulfonamides is 1. The molecule has 0 aliphatic heterocycles. The standard InChI is InChI=1S/C24H32FN3O4S/c1-5-6-15-26-24(30)19(3)27(16-20-13-11-18(2)12-14-20)23(29)17-28(33(4,31)32)22-10-8-7-9-21(22)25/h7-14,19H,5-6,15-17H2,1-4H3,(H,26,30)/t19-/m0/s1. The predicted octanol–water partition coefficient (Wildman–Crippen LogP) is 3.23. The van der Waals surface area contributed by atoms with Gasteiger partial charge in [-0.05, 0) is 38.0 Å². The Balaban J connectivity index is 2.34. The summed E-state index contributed by atoms with van der Waals surface area (Å²) in [6.07, 6.45) is 2.63. The molecule has 9 heteroatoms. The first-order valence-electron chi connectivity index (χ1n) is 10.9. The first kappa shape index (κ1) is 26.3. The second kappa shape index (κ2) is 11.8. The van der Waals surface area contributed by atoms with Gasteiger partial charge in [0.2, 0.25) is 21.8 Å². The largest absolute Gasteiger partial charge is 0.354 e. The molecule has 0 radical (unpaired) electrons. The van der Waals surface area contributed by atoms with Gasteiger partial charge >= 0.3 is 0 Å². The van der Waals surface area contributed by atoms with Crippen LogP contribution in [0.3, 0.4) is 0 Å². The van der Waals surface area contributed by atoms with Crippen molar-refractivity contribution in [2.75, 3.05) is 23.7 Å². The molecule has 2 aromatic carbocycles. The van der Waals surface area contributed by atoms with E-state index >= 15 is 0 Å². The van der Waals surface area contributed by atoms with Crippen LogP contribution in [0.1, 0.15) is 37.8 Å². The molecule has 0 fully saturated rings. The number of hydrogen-bond donors (Lipinski definition) is 1.